The van der Waals surface area contributed by atoms with Crippen molar-refractivity contribution in [3.05, 3.63) is 54.4 Å². The van der Waals surface area contributed by atoms with Gasteiger partial charge in [0.1, 0.15) is 0 Å². The second kappa shape index (κ2) is 8.80. The Hall–Kier alpha value is -2.41. The smallest absolute Gasteiger partial charge is 0.253 e. The lowest BCUT2D eigenvalue weighted by atomic mass is 10.0. The molecular weight excluding hydrogens is 348 g/mol. The van der Waals surface area contributed by atoms with Crippen molar-refractivity contribution in [1.82, 2.24) is 20.2 Å². The van der Waals surface area contributed by atoms with E-state index < -0.39 is 0 Å². The Labute approximate surface area is 157 Å². The molecule has 0 bridgehead atoms. The molecule has 1 aromatic carbocycles. The maximum Gasteiger partial charge on any atom is 0.253 e. The molecule has 1 aliphatic heterocycles. The monoisotopic (exact) mass is 370 g/mol. The van der Waals surface area contributed by atoms with Crippen molar-refractivity contribution < 1.29 is 9.59 Å². The van der Waals surface area contributed by atoms with Crippen LogP contribution in [-0.4, -0.2) is 51.1 Å². The average molecular weight is 370 g/mol. The van der Waals surface area contributed by atoms with Gasteiger partial charge in [0.15, 0.2) is 5.16 Å². The molecule has 0 aliphatic carbocycles. The summed E-state index contributed by atoms with van der Waals surface area (Å²) in [5.74, 6) is 0.0378. The predicted molar refractivity (Wildman–Crippen MR) is 101 cm³/mol. The molecule has 1 N–H and O–H groups in total. The van der Waals surface area contributed by atoms with Crippen LogP contribution < -0.4 is 5.32 Å². The molecule has 7 heteroatoms. The van der Waals surface area contributed by atoms with E-state index in [1.165, 1.54) is 11.8 Å². The number of benzene rings is 1. The van der Waals surface area contributed by atoms with Gasteiger partial charge in [-0.2, -0.15) is 0 Å². The lowest BCUT2D eigenvalue weighted by Gasteiger charge is -2.33. The molecule has 1 aliphatic rings. The molecule has 2 heterocycles. The van der Waals surface area contributed by atoms with Crippen LogP contribution in [0.5, 0.6) is 0 Å². The molecule has 2 aromatic rings. The molecular formula is C19H22N4O2S. The number of likely N-dealkylation sites (tertiary alicyclic amines) is 1. The Kier molecular flexibility index (Phi) is 6.22. The number of aromatic nitrogens is 2. The lowest BCUT2D eigenvalue weighted by Crippen LogP contribution is -2.48. The third-order valence-corrected chi connectivity index (χ3v) is 5.33. The fraction of sp³-hybridized carbons (Fsp3) is 0.368. The van der Waals surface area contributed by atoms with E-state index in [0.717, 1.165) is 12.8 Å². The number of nitrogens with zero attached hydrogens (tertiary/aromatic N) is 3. The van der Waals surface area contributed by atoms with Gasteiger partial charge in [0.05, 0.1) is 5.25 Å². The third kappa shape index (κ3) is 4.82. The first-order chi connectivity index (χ1) is 12.6. The third-order valence-electron chi connectivity index (χ3n) is 4.34. The van der Waals surface area contributed by atoms with Gasteiger partial charge in [0.25, 0.3) is 5.91 Å². The average Bonchev–Trinajstić information content (AvgIpc) is 2.69. The minimum atomic E-state index is -0.263. The molecule has 1 saturated heterocycles. The molecule has 3 rings (SSSR count). The Balaban J connectivity index is 1.46. The van der Waals surface area contributed by atoms with Crippen LogP contribution in [0.2, 0.25) is 0 Å². The molecule has 0 unspecified atom stereocenters. The van der Waals surface area contributed by atoms with Gasteiger partial charge >= 0.3 is 0 Å². The van der Waals surface area contributed by atoms with E-state index >= 15 is 0 Å². The Morgan fingerprint density at radius 2 is 1.77 bits per heavy atom. The fourth-order valence-electron chi connectivity index (χ4n) is 2.87. The minimum absolute atomic E-state index is 0.0183. The topological polar surface area (TPSA) is 75.2 Å². The van der Waals surface area contributed by atoms with E-state index in [0.29, 0.717) is 23.8 Å². The van der Waals surface area contributed by atoms with Crippen LogP contribution in [0.15, 0.2) is 53.9 Å². The number of rotatable bonds is 5. The van der Waals surface area contributed by atoms with E-state index in [4.69, 9.17) is 0 Å². The zero-order valence-electron chi connectivity index (χ0n) is 14.7. The summed E-state index contributed by atoms with van der Waals surface area (Å²) in [5.41, 5.74) is 0.711. The quantitative estimate of drug-likeness (QED) is 0.646. The normalized spacial score (nSPS) is 16.1. The van der Waals surface area contributed by atoms with E-state index in [1.54, 1.807) is 18.5 Å². The first-order valence-electron chi connectivity index (χ1n) is 8.72. The number of hydrogen-bond donors (Lipinski definition) is 1. The first kappa shape index (κ1) is 18.4. The van der Waals surface area contributed by atoms with Crippen molar-refractivity contribution in [3.63, 3.8) is 0 Å². The van der Waals surface area contributed by atoms with Crippen LogP contribution in [-0.2, 0) is 4.79 Å². The van der Waals surface area contributed by atoms with E-state index in [1.807, 2.05) is 42.2 Å². The highest BCUT2D eigenvalue weighted by atomic mass is 32.2. The highest BCUT2D eigenvalue weighted by Gasteiger charge is 2.26. The molecule has 0 spiro atoms. The maximum atomic E-state index is 12.5. The van der Waals surface area contributed by atoms with Crippen LogP contribution in [0, 0.1) is 0 Å². The number of carbonyl (C=O) groups is 2. The Morgan fingerprint density at radius 1 is 1.12 bits per heavy atom. The molecule has 0 saturated carbocycles. The summed E-state index contributed by atoms with van der Waals surface area (Å²) in [6.45, 7) is 3.16. The summed E-state index contributed by atoms with van der Waals surface area (Å²) in [7, 11) is 0. The number of thioether (sulfide) groups is 1. The van der Waals surface area contributed by atoms with E-state index in [9.17, 15) is 9.59 Å². The summed E-state index contributed by atoms with van der Waals surface area (Å²) >= 11 is 1.34. The van der Waals surface area contributed by atoms with Crippen LogP contribution in [0.1, 0.15) is 30.1 Å². The van der Waals surface area contributed by atoms with Crippen LogP contribution >= 0.6 is 11.8 Å². The summed E-state index contributed by atoms with van der Waals surface area (Å²) in [6, 6.07) is 11.2. The maximum absolute atomic E-state index is 12.5. The van der Waals surface area contributed by atoms with Crippen molar-refractivity contribution in [3.8, 4) is 0 Å². The number of nitrogens with one attached hydrogen (secondary N) is 1. The Morgan fingerprint density at radius 3 is 2.42 bits per heavy atom. The van der Waals surface area contributed by atoms with Gasteiger partial charge < -0.3 is 10.2 Å². The van der Waals surface area contributed by atoms with E-state index in [2.05, 4.69) is 15.3 Å². The number of amides is 2. The second-order valence-corrected chi connectivity index (χ2v) is 7.54. The minimum Gasteiger partial charge on any atom is -0.352 e. The van der Waals surface area contributed by atoms with Crippen molar-refractivity contribution in [2.24, 2.45) is 0 Å². The molecule has 6 nitrogen and oxygen atoms in total. The highest BCUT2D eigenvalue weighted by Crippen LogP contribution is 2.20. The molecule has 0 radical (unpaired) electrons. The summed E-state index contributed by atoms with van der Waals surface area (Å²) in [6.07, 6.45) is 4.87. The van der Waals surface area contributed by atoms with Crippen LogP contribution in [0.4, 0.5) is 0 Å². The van der Waals surface area contributed by atoms with Crippen molar-refractivity contribution >= 4 is 23.6 Å². The van der Waals surface area contributed by atoms with E-state index in [-0.39, 0.29) is 23.1 Å². The van der Waals surface area contributed by atoms with Gasteiger partial charge in [-0.05, 0) is 38.0 Å². The molecule has 1 aromatic heterocycles. The van der Waals surface area contributed by atoms with Gasteiger partial charge in [-0.1, -0.05) is 30.0 Å². The van der Waals surface area contributed by atoms with Crippen LogP contribution in [0.3, 0.4) is 0 Å². The van der Waals surface area contributed by atoms with Gasteiger partial charge in [0, 0.05) is 37.1 Å². The van der Waals surface area contributed by atoms with Crippen molar-refractivity contribution in [2.75, 3.05) is 13.1 Å². The largest absolute Gasteiger partial charge is 0.352 e. The zero-order valence-corrected chi connectivity index (χ0v) is 15.5. The molecule has 1 fully saturated rings. The molecule has 1 atom stereocenters. The molecule has 2 amide bonds. The zero-order chi connectivity index (χ0) is 18.4. The van der Waals surface area contributed by atoms with Crippen LogP contribution in [0.25, 0.3) is 0 Å². The number of carbonyl (C=O) groups excluding carboxylic acids is 2. The highest BCUT2D eigenvalue weighted by molar-refractivity contribution is 8.00. The van der Waals surface area contributed by atoms with Gasteiger partial charge in [0.2, 0.25) is 5.91 Å². The number of hydrogen-bond acceptors (Lipinski definition) is 5. The Bertz CT molecular complexity index is 734. The summed E-state index contributed by atoms with van der Waals surface area (Å²) in [5, 5.41) is 3.42. The predicted octanol–water partition coefficient (Wildman–Crippen LogP) is 2.38. The summed E-state index contributed by atoms with van der Waals surface area (Å²) < 4.78 is 0. The van der Waals surface area contributed by atoms with Crippen molar-refractivity contribution in [2.45, 2.75) is 36.2 Å². The summed E-state index contributed by atoms with van der Waals surface area (Å²) in [4.78, 5) is 35.0. The van der Waals surface area contributed by atoms with Crippen molar-refractivity contribution in [1.29, 1.82) is 0 Å². The fourth-order valence-corrected chi connectivity index (χ4v) is 3.60. The lowest BCUT2D eigenvalue weighted by molar-refractivity contribution is -0.121. The molecule has 136 valence electrons. The standard InChI is InChI=1S/C19H22N4O2S/c1-14(26-19-20-10-5-11-21-19)17(24)22-16-8-12-23(13-9-16)18(25)15-6-3-2-4-7-15/h2-7,10-11,14,16H,8-9,12-13H2,1H3,(H,22,24)/t14-/m1/s1. The second-order valence-electron chi connectivity index (χ2n) is 6.23. The number of piperidine rings is 1. The van der Waals surface area contributed by atoms with Gasteiger partial charge in [-0.25, -0.2) is 9.97 Å². The van der Waals surface area contributed by atoms with Gasteiger partial charge in [-0.3, -0.25) is 9.59 Å². The van der Waals surface area contributed by atoms with Gasteiger partial charge in [-0.15, -0.1) is 0 Å². The first-order valence-corrected chi connectivity index (χ1v) is 9.60. The SMILES string of the molecule is C[C@@H](Sc1ncccn1)C(=O)NC1CCN(C(=O)c2ccccc2)CC1. The molecule has 26 heavy (non-hydrogen) atoms.